The van der Waals surface area contributed by atoms with E-state index in [0.717, 1.165) is 5.56 Å². The summed E-state index contributed by atoms with van der Waals surface area (Å²) in [5.74, 6) is -2.50. The summed E-state index contributed by atoms with van der Waals surface area (Å²) in [4.78, 5) is 64.6. The van der Waals surface area contributed by atoms with Crippen LogP contribution >= 0.6 is 0 Å². The van der Waals surface area contributed by atoms with E-state index in [0.29, 0.717) is 5.56 Å². The van der Waals surface area contributed by atoms with Crippen LogP contribution in [0.4, 0.5) is 4.79 Å². The minimum Gasteiger partial charge on any atom is -0.466 e. The SMILES string of the molecule is CCOC(=O)CCNC(=O)C(c1ccccc1C)N(C(=O)C(CC(N)=O)NC(=O)OC(C)(C)C)C(C)C. The molecule has 0 heterocycles. The zero-order valence-electron chi connectivity index (χ0n) is 22.8. The van der Waals surface area contributed by atoms with Gasteiger partial charge in [0.25, 0.3) is 0 Å². The molecular formula is C26H40N4O7. The predicted molar refractivity (Wildman–Crippen MR) is 137 cm³/mol. The van der Waals surface area contributed by atoms with Crippen molar-refractivity contribution in [2.24, 2.45) is 5.73 Å². The van der Waals surface area contributed by atoms with Crippen LogP contribution in [0.3, 0.4) is 0 Å². The van der Waals surface area contributed by atoms with Crippen molar-refractivity contribution in [3.8, 4) is 0 Å². The summed E-state index contributed by atoms with van der Waals surface area (Å²) >= 11 is 0. The number of carbonyl (C=O) groups is 5. The molecule has 11 heteroatoms. The number of nitrogens with two attached hydrogens (primary N) is 1. The summed E-state index contributed by atoms with van der Waals surface area (Å²) in [6.07, 6.45) is -1.44. The van der Waals surface area contributed by atoms with E-state index in [1.807, 2.05) is 0 Å². The van der Waals surface area contributed by atoms with Gasteiger partial charge in [-0.15, -0.1) is 0 Å². The van der Waals surface area contributed by atoms with Crippen LogP contribution in [-0.2, 0) is 28.7 Å². The lowest BCUT2D eigenvalue weighted by Gasteiger charge is -2.37. The fraction of sp³-hybridized carbons (Fsp3) is 0.577. The zero-order chi connectivity index (χ0) is 28.3. The number of alkyl carbamates (subject to hydrolysis) is 1. The van der Waals surface area contributed by atoms with Crippen LogP contribution in [0, 0.1) is 6.92 Å². The zero-order valence-corrected chi connectivity index (χ0v) is 22.8. The topological polar surface area (TPSA) is 157 Å². The largest absolute Gasteiger partial charge is 0.466 e. The molecule has 2 unspecified atom stereocenters. The Hall–Kier alpha value is -3.63. The van der Waals surface area contributed by atoms with E-state index in [4.69, 9.17) is 15.2 Å². The average molecular weight is 521 g/mol. The van der Waals surface area contributed by atoms with E-state index in [2.05, 4.69) is 10.6 Å². The van der Waals surface area contributed by atoms with Crippen LogP contribution in [0.1, 0.15) is 71.6 Å². The highest BCUT2D eigenvalue weighted by molar-refractivity contribution is 5.95. The van der Waals surface area contributed by atoms with Gasteiger partial charge < -0.3 is 30.7 Å². The summed E-state index contributed by atoms with van der Waals surface area (Å²) < 4.78 is 10.2. The van der Waals surface area contributed by atoms with E-state index in [-0.39, 0.29) is 19.6 Å². The lowest BCUT2D eigenvalue weighted by Crippen LogP contribution is -2.56. The van der Waals surface area contributed by atoms with Gasteiger partial charge in [-0.05, 0) is 59.6 Å². The number of nitrogens with zero attached hydrogens (tertiary/aromatic N) is 1. The Labute approximate surface area is 218 Å². The van der Waals surface area contributed by atoms with Crippen molar-refractivity contribution in [2.75, 3.05) is 13.2 Å². The number of benzene rings is 1. The molecule has 0 spiro atoms. The second kappa shape index (κ2) is 14.2. The molecule has 0 saturated heterocycles. The van der Waals surface area contributed by atoms with Gasteiger partial charge in [0.05, 0.1) is 19.4 Å². The maximum atomic E-state index is 13.8. The van der Waals surface area contributed by atoms with Gasteiger partial charge in [-0.3, -0.25) is 19.2 Å². The highest BCUT2D eigenvalue weighted by Crippen LogP contribution is 2.28. The molecule has 0 bridgehead atoms. The van der Waals surface area contributed by atoms with Crippen LogP contribution in [0.15, 0.2) is 24.3 Å². The quantitative estimate of drug-likeness (QED) is 0.356. The van der Waals surface area contributed by atoms with Gasteiger partial charge in [-0.1, -0.05) is 24.3 Å². The molecule has 0 saturated carbocycles. The Morgan fingerprint density at radius 2 is 1.70 bits per heavy atom. The molecule has 0 fully saturated rings. The molecule has 37 heavy (non-hydrogen) atoms. The van der Waals surface area contributed by atoms with E-state index in [1.54, 1.807) is 72.7 Å². The van der Waals surface area contributed by atoms with Crippen LogP contribution in [-0.4, -0.2) is 65.5 Å². The minimum atomic E-state index is -1.37. The van der Waals surface area contributed by atoms with Gasteiger partial charge in [0, 0.05) is 12.6 Å². The third-order valence-electron chi connectivity index (χ3n) is 5.15. The van der Waals surface area contributed by atoms with Gasteiger partial charge in [0.1, 0.15) is 17.7 Å². The first-order valence-corrected chi connectivity index (χ1v) is 12.3. The third kappa shape index (κ3) is 10.5. The van der Waals surface area contributed by atoms with E-state index in [1.165, 1.54) is 4.90 Å². The summed E-state index contributed by atoms with van der Waals surface area (Å²) in [5, 5.41) is 5.13. The first-order chi connectivity index (χ1) is 17.2. The van der Waals surface area contributed by atoms with Crippen LogP contribution in [0.25, 0.3) is 0 Å². The van der Waals surface area contributed by atoms with Gasteiger partial charge in [0.2, 0.25) is 17.7 Å². The number of amides is 4. The molecule has 0 aliphatic carbocycles. The van der Waals surface area contributed by atoms with Crippen LogP contribution < -0.4 is 16.4 Å². The average Bonchev–Trinajstić information content (AvgIpc) is 2.75. The monoisotopic (exact) mass is 520 g/mol. The summed E-state index contributed by atoms with van der Waals surface area (Å²) in [5.41, 5.74) is 5.83. The van der Waals surface area contributed by atoms with Gasteiger partial charge >= 0.3 is 12.1 Å². The van der Waals surface area contributed by atoms with Crippen LogP contribution in [0.2, 0.25) is 0 Å². The molecule has 1 aromatic rings. The van der Waals surface area contributed by atoms with E-state index in [9.17, 15) is 24.0 Å². The molecule has 4 amide bonds. The number of hydrogen-bond donors (Lipinski definition) is 3. The molecule has 0 aromatic heterocycles. The summed E-state index contributed by atoms with van der Waals surface area (Å²) in [6, 6.07) is 4.05. The molecule has 0 radical (unpaired) electrons. The summed E-state index contributed by atoms with van der Waals surface area (Å²) in [7, 11) is 0. The lowest BCUT2D eigenvalue weighted by atomic mass is 9.96. The third-order valence-corrected chi connectivity index (χ3v) is 5.15. The fourth-order valence-electron chi connectivity index (χ4n) is 3.64. The number of primary amides is 1. The smallest absolute Gasteiger partial charge is 0.408 e. The molecule has 1 aromatic carbocycles. The van der Waals surface area contributed by atoms with Crippen LogP contribution in [0.5, 0.6) is 0 Å². The molecule has 206 valence electrons. The van der Waals surface area contributed by atoms with Gasteiger partial charge in [-0.2, -0.15) is 0 Å². The predicted octanol–water partition coefficient (Wildman–Crippen LogP) is 2.11. The maximum absolute atomic E-state index is 13.8. The van der Waals surface area contributed by atoms with Crippen molar-refractivity contribution in [3.05, 3.63) is 35.4 Å². The van der Waals surface area contributed by atoms with Crippen molar-refractivity contribution in [3.63, 3.8) is 0 Å². The standard InChI is InChI=1S/C26H40N4O7/c1-8-36-21(32)13-14-28-23(33)22(18-12-10-9-11-17(18)4)30(16(2)3)24(34)19(15-20(27)31)29-25(35)37-26(5,6)7/h9-12,16,19,22H,8,13-15H2,1-7H3,(H2,27,31)(H,28,33)(H,29,35). The number of carbonyl (C=O) groups excluding carboxylic acids is 5. The minimum absolute atomic E-state index is 0.00104. The number of hydrogen-bond acceptors (Lipinski definition) is 7. The Bertz CT molecular complexity index is 972. The highest BCUT2D eigenvalue weighted by atomic mass is 16.6. The van der Waals surface area contributed by atoms with Gasteiger partial charge in [0.15, 0.2) is 0 Å². The number of aryl methyl sites for hydroxylation is 1. The number of rotatable bonds is 12. The number of nitrogens with one attached hydrogen (secondary N) is 2. The Kier molecular flexibility index (Phi) is 12.0. The van der Waals surface area contributed by atoms with Gasteiger partial charge in [-0.25, -0.2) is 4.79 Å². The number of esters is 1. The lowest BCUT2D eigenvalue weighted by molar-refractivity contribution is -0.146. The second-order valence-corrected chi connectivity index (χ2v) is 9.81. The van der Waals surface area contributed by atoms with Crippen molar-refractivity contribution >= 4 is 29.8 Å². The second-order valence-electron chi connectivity index (χ2n) is 9.81. The Morgan fingerprint density at radius 3 is 2.22 bits per heavy atom. The van der Waals surface area contributed by atoms with E-state index >= 15 is 0 Å². The molecular weight excluding hydrogens is 480 g/mol. The maximum Gasteiger partial charge on any atom is 0.408 e. The summed E-state index contributed by atoms with van der Waals surface area (Å²) in [6.45, 7) is 12.1. The van der Waals surface area contributed by atoms with E-state index < -0.39 is 59.9 Å². The first kappa shape index (κ1) is 31.4. The highest BCUT2D eigenvalue weighted by Gasteiger charge is 2.38. The van der Waals surface area contributed by atoms with Crippen molar-refractivity contribution < 1.29 is 33.4 Å². The molecule has 11 nitrogen and oxygen atoms in total. The molecule has 2 atom stereocenters. The first-order valence-electron chi connectivity index (χ1n) is 12.3. The Balaban J connectivity index is 3.39. The fourth-order valence-corrected chi connectivity index (χ4v) is 3.64. The molecule has 0 aliphatic rings. The molecule has 0 aliphatic heterocycles. The van der Waals surface area contributed by atoms with Crippen molar-refractivity contribution in [1.82, 2.24) is 15.5 Å². The molecule has 1 rings (SSSR count). The van der Waals surface area contributed by atoms with Crippen molar-refractivity contribution in [2.45, 2.75) is 85.0 Å². The molecule has 4 N–H and O–H groups in total. The van der Waals surface area contributed by atoms with Crippen molar-refractivity contribution in [1.29, 1.82) is 0 Å². The normalized spacial score (nSPS) is 12.8. The Morgan fingerprint density at radius 1 is 1.08 bits per heavy atom. The number of ether oxygens (including phenoxy) is 2.